The highest BCUT2D eigenvalue weighted by Crippen LogP contribution is 2.41. The van der Waals surface area contributed by atoms with Gasteiger partial charge in [-0.2, -0.15) is 0 Å². The number of allylic oxidation sites excluding steroid dienone is 1. The third-order valence-electron chi connectivity index (χ3n) is 5.42. The topological polar surface area (TPSA) is 95.5 Å². The summed E-state index contributed by atoms with van der Waals surface area (Å²) in [5.41, 5.74) is 3.07. The first-order valence-corrected chi connectivity index (χ1v) is 11.8. The van der Waals surface area contributed by atoms with Crippen molar-refractivity contribution in [3.05, 3.63) is 93.3 Å². The molecule has 36 heavy (non-hydrogen) atoms. The van der Waals surface area contributed by atoms with Gasteiger partial charge >= 0.3 is 11.9 Å². The predicted octanol–water partition coefficient (Wildman–Crippen LogP) is 4.51. The van der Waals surface area contributed by atoms with Crippen molar-refractivity contribution in [2.75, 3.05) is 26.9 Å². The van der Waals surface area contributed by atoms with Crippen LogP contribution >= 0.6 is 11.6 Å². The van der Waals surface area contributed by atoms with Crippen molar-refractivity contribution in [3.8, 4) is 0 Å². The van der Waals surface area contributed by atoms with E-state index >= 15 is 0 Å². The fourth-order valence-electron chi connectivity index (χ4n) is 3.84. The fraction of sp³-hybridized carbons (Fsp3) is 0.296. The molecule has 1 aliphatic heterocycles. The Bertz CT molecular complexity index is 1160. The van der Waals surface area contributed by atoms with E-state index in [1.165, 1.54) is 13.3 Å². The van der Waals surface area contributed by atoms with Crippen LogP contribution in [-0.4, -0.2) is 45.1 Å². The second-order valence-electron chi connectivity index (χ2n) is 7.78. The number of halogens is 1. The summed E-state index contributed by atoms with van der Waals surface area (Å²) in [4.78, 5) is 31.2. The zero-order valence-electron chi connectivity index (χ0n) is 20.5. The number of dihydropyridines is 1. The summed E-state index contributed by atoms with van der Waals surface area (Å²) in [6, 6.07) is 16.7. The van der Waals surface area contributed by atoms with Gasteiger partial charge < -0.3 is 24.4 Å². The second kappa shape index (κ2) is 13.5. The molecule has 8 nitrogen and oxygen atoms in total. The first-order valence-electron chi connectivity index (χ1n) is 11.4. The summed E-state index contributed by atoms with van der Waals surface area (Å²) in [5, 5.41) is 7.44. The summed E-state index contributed by atoms with van der Waals surface area (Å²) in [5.74, 6) is -1.95. The van der Waals surface area contributed by atoms with Crippen LogP contribution < -0.4 is 5.32 Å². The van der Waals surface area contributed by atoms with Gasteiger partial charge in [0.1, 0.15) is 6.61 Å². The van der Waals surface area contributed by atoms with Crippen molar-refractivity contribution in [1.29, 1.82) is 0 Å². The summed E-state index contributed by atoms with van der Waals surface area (Å²) in [6.07, 6.45) is 1.49. The van der Waals surface area contributed by atoms with Crippen LogP contribution in [0.4, 0.5) is 0 Å². The summed E-state index contributed by atoms with van der Waals surface area (Å²) < 4.78 is 16.1. The molecule has 9 heteroatoms. The molecule has 2 aromatic rings. The van der Waals surface area contributed by atoms with E-state index in [9.17, 15) is 9.59 Å². The maximum absolute atomic E-state index is 13.1. The van der Waals surface area contributed by atoms with Gasteiger partial charge in [0.05, 0.1) is 55.9 Å². The molecule has 1 heterocycles. The lowest BCUT2D eigenvalue weighted by molar-refractivity contribution is -0.139. The van der Waals surface area contributed by atoms with Crippen LogP contribution in [0.3, 0.4) is 0 Å². The number of oxime groups is 1. The minimum Gasteiger partial charge on any atom is -0.466 e. The molecule has 0 spiro atoms. The molecular weight excluding hydrogens is 484 g/mol. The van der Waals surface area contributed by atoms with Crippen molar-refractivity contribution in [1.82, 2.24) is 5.32 Å². The number of benzene rings is 2. The van der Waals surface area contributed by atoms with Gasteiger partial charge in [-0.15, -0.1) is 0 Å². The Morgan fingerprint density at radius 2 is 1.75 bits per heavy atom. The Morgan fingerprint density at radius 1 is 1.03 bits per heavy atom. The Kier molecular flexibility index (Phi) is 10.1. The molecule has 1 N–H and O–H groups in total. The molecule has 0 fully saturated rings. The van der Waals surface area contributed by atoms with Gasteiger partial charge in [-0.05, 0) is 31.0 Å². The van der Waals surface area contributed by atoms with Gasteiger partial charge in [0, 0.05) is 10.7 Å². The number of hydrogen-bond acceptors (Lipinski definition) is 8. The normalized spacial score (nSPS) is 15.6. The Hall–Kier alpha value is -3.62. The van der Waals surface area contributed by atoms with E-state index in [4.69, 9.17) is 30.6 Å². The minimum atomic E-state index is -0.798. The van der Waals surface area contributed by atoms with Crippen LogP contribution in [0.15, 0.2) is 82.3 Å². The van der Waals surface area contributed by atoms with Crippen molar-refractivity contribution < 1.29 is 28.6 Å². The van der Waals surface area contributed by atoms with Gasteiger partial charge in [-0.25, -0.2) is 9.59 Å². The molecule has 190 valence electrons. The average molecular weight is 513 g/mol. The average Bonchev–Trinajstić information content (AvgIpc) is 2.88. The van der Waals surface area contributed by atoms with Gasteiger partial charge in [-0.1, -0.05) is 65.3 Å². The molecule has 0 radical (unpaired) electrons. The van der Waals surface area contributed by atoms with E-state index < -0.39 is 17.9 Å². The maximum Gasteiger partial charge on any atom is 0.336 e. The number of esters is 2. The minimum absolute atomic E-state index is 0.0333. The summed E-state index contributed by atoms with van der Waals surface area (Å²) in [7, 11) is 1.29. The first kappa shape index (κ1) is 27.0. The second-order valence-corrected chi connectivity index (χ2v) is 8.19. The van der Waals surface area contributed by atoms with Crippen molar-refractivity contribution in [2.24, 2.45) is 5.16 Å². The van der Waals surface area contributed by atoms with E-state index in [0.717, 1.165) is 5.56 Å². The Morgan fingerprint density at radius 3 is 2.44 bits per heavy atom. The largest absolute Gasteiger partial charge is 0.466 e. The molecule has 1 atom stereocenters. The van der Waals surface area contributed by atoms with Crippen molar-refractivity contribution in [2.45, 2.75) is 26.4 Å². The third kappa shape index (κ3) is 6.74. The molecule has 0 bridgehead atoms. The molecule has 0 saturated heterocycles. The molecule has 0 aromatic heterocycles. The summed E-state index contributed by atoms with van der Waals surface area (Å²) >= 11 is 6.50. The van der Waals surface area contributed by atoms with E-state index in [1.807, 2.05) is 30.3 Å². The van der Waals surface area contributed by atoms with Crippen molar-refractivity contribution in [3.63, 3.8) is 0 Å². The van der Waals surface area contributed by atoms with E-state index in [1.54, 1.807) is 38.1 Å². The molecule has 0 saturated carbocycles. The maximum atomic E-state index is 13.1. The van der Waals surface area contributed by atoms with Crippen molar-refractivity contribution >= 4 is 29.8 Å². The lowest BCUT2D eigenvalue weighted by Gasteiger charge is -2.31. The van der Waals surface area contributed by atoms with Crippen LogP contribution in [-0.2, 0) is 35.2 Å². The SMILES string of the molecule is CCOC(=O)C1=C(COC/C=N/OCc2ccccc2)NC(C)=C(C(=O)OC)C1c1ccccc1Cl. The van der Waals surface area contributed by atoms with E-state index in [-0.39, 0.29) is 31.0 Å². The molecule has 2 aromatic carbocycles. The van der Waals surface area contributed by atoms with E-state index in [0.29, 0.717) is 28.6 Å². The number of carbonyl (C=O) groups excluding carboxylic acids is 2. The highest BCUT2D eigenvalue weighted by molar-refractivity contribution is 6.31. The van der Waals surface area contributed by atoms with Gasteiger partial charge in [0.15, 0.2) is 0 Å². The molecule has 1 unspecified atom stereocenters. The Labute approximate surface area is 215 Å². The highest BCUT2D eigenvalue weighted by atomic mass is 35.5. The number of carbonyl (C=O) groups is 2. The van der Waals surface area contributed by atoms with Crippen LogP contribution in [0.5, 0.6) is 0 Å². The molecule has 1 aliphatic rings. The van der Waals surface area contributed by atoms with Gasteiger partial charge in [-0.3, -0.25) is 0 Å². The highest BCUT2D eigenvalue weighted by Gasteiger charge is 2.39. The number of hydrogen-bond donors (Lipinski definition) is 1. The zero-order chi connectivity index (χ0) is 25.9. The lowest BCUT2D eigenvalue weighted by Crippen LogP contribution is -2.35. The monoisotopic (exact) mass is 512 g/mol. The van der Waals surface area contributed by atoms with Crippen LogP contribution in [0.1, 0.15) is 30.9 Å². The third-order valence-corrected chi connectivity index (χ3v) is 5.77. The molecule has 0 aliphatic carbocycles. The van der Waals surface area contributed by atoms with E-state index in [2.05, 4.69) is 10.5 Å². The van der Waals surface area contributed by atoms with Crippen LogP contribution in [0, 0.1) is 0 Å². The lowest BCUT2D eigenvalue weighted by atomic mass is 9.80. The fourth-order valence-corrected chi connectivity index (χ4v) is 4.09. The number of nitrogens with zero attached hydrogens (tertiary/aromatic N) is 1. The standard InChI is InChI=1S/C27H29ClN2O6/c1-4-35-27(32)25-22(17-34-15-14-29-36-16-19-10-6-5-7-11-19)30-18(2)23(26(31)33-3)24(25)20-12-8-9-13-21(20)28/h5-14,24,30H,4,15-17H2,1-3H3/b29-14+. The van der Waals surface area contributed by atoms with Crippen LogP contribution in [0.25, 0.3) is 0 Å². The van der Waals surface area contributed by atoms with Gasteiger partial charge in [0.25, 0.3) is 0 Å². The summed E-state index contributed by atoms with van der Waals surface area (Å²) in [6.45, 7) is 4.12. The predicted molar refractivity (Wildman–Crippen MR) is 136 cm³/mol. The first-order chi connectivity index (χ1) is 17.5. The number of methoxy groups -OCH3 is 1. The molecular formula is C27H29ClN2O6. The van der Waals surface area contributed by atoms with Crippen LogP contribution in [0.2, 0.25) is 5.02 Å². The number of ether oxygens (including phenoxy) is 3. The zero-order valence-corrected chi connectivity index (χ0v) is 21.2. The van der Waals surface area contributed by atoms with Gasteiger partial charge in [0.2, 0.25) is 0 Å². The Balaban J connectivity index is 1.82. The smallest absolute Gasteiger partial charge is 0.336 e. The molecule has 3 rings (SSSR count). The quantitative estimate of drug-likeness (QED) is 0.205. The number of rotatable bonds is 11. The molecule has 0 amide bonds. The number of nitrogens with one attached hydrogen (secondary N) is 1.